The maximum atomic E-state index is 12.3. The first-order valence-electron chi connectivity index (χ1n) is 7.81. The van der Waals surface area contributed by atoms with Gasteiger partial charge in [0.25, 0.3) is 5.69 Å². The fraction of sp³-hybridized carbons (Fsp3) is 0.211. The van der Waals surface area contributed by atoms with E-state index < -0.39 is 0 Å². The summed E-state index contributed by atoms with van der Waals surface area (Å²) in [6.45, 7) is 1.85. The largest absolute Gasteiger partial charge is 0.302 e. The average molecular weight is 342 g/mol. The first-order valence-corrected chi connectivity index (χ1v) is 7.81. The monoisotopic (exact) mass is 342 g/mol. The van der Waals surface area contributed by atoms with Gasteiger partial charge in [-0.25, -0.2) is 4.39 Å². The molecule has 0 saturated heterocycles. The van der Waals surface area contributed by atoms with E-state index in [1.807, 2.05) is 13.1 Å². The summed E-state index contributed by atoms with van der Waals surface area (Å²) in [6, 6.07) is 11.1. The van der Waals surface area contributed by atoms with Crippen LogP contribution in [0.2, 0.25) is 0 Å². The van der Waals surface area contributed by atoms with Crippen molar-refractivity contribution >= 4 is 18.0 Å². The number of carbonyl (C=O) groups is 1. The van der Waals surface area contributed by atoms with Crippen molar-refractivity contribution in [2.75, 3.05) is 13.6 Å². The molecule has 1 aliphatic heterocycles. The molecule has 6 heteroatoms. The second kappa shape index (κ2) is 8.84. The Kier molecular flexibility index (Phi) is 6.54. The van der Waals surface area contributed by atoms with Gasteiger partial charge in [-0.15, -0.1) is 0 Å². The number of allylic oxidation sites excluding steroid dienone is 1. The predicted molar refractivity (Wildman–Crippen MR) is 94.6 cm³/mol. The predicted octanol–water partition coefficient (Wildman–Crippen LogP) is 3.62. The van der Waals surface area contributed by atoms with Gasteiger partial charge >= 0.3 is 0 Å². The van der Waals surface area contributed by atoms with Gasteiger partial charge < -0.3 is 4.90 Å². The third-order valence-corrected chi connectivity index (χ3v) is 3.84. The average Bonchev–Trinajstić information content (AvgIpc) is 2.61. The van der Waals surface area contributed by atoms with Crippen molar-refractivity contribution in [2.24, 2.45) is 0 Å². The van der Waals surface area contributed by atoms with Gasteiger partial charge in [0.05, 0.1) is 4.92 Å². The second-order valence-electron chi connectivity index (χ2n) is 5.74. The Labute approximate surface area is 145 Å². The number of likely N-dealkylation sites (N-methyl/N-ethyl adjacent to an activating group) is 1. The van der Waals surface area contributed by atoms with Crippen molar-refractivity contribution in [3.05, 3.63) is 81.2 Å². The van der Waals surface area contributed by atoms with Gasteiger partial charge in [-0.2, -0.15) is 0 Å². The van der Waals surface area contributed by atoms with Crippen LogP contribution in [0.3, 0.4) is 0 Å². The zero-order chi connectivity index (χ0) is 18.2. The number of fused-ring (bicyclic) bond motifs is 1. The van der Waals surface area contributed by atoms with Crippen molar-refractivity contribution in [3.63, 3.8) is 0 Å². The third-order valence-electron chi connectivity index (χ3n) is 3.84. The first kappa shape index (κ1) is 18.5. The number of halogens is 1. The third kappa shape index (κ3) is 5.61. The Hall–Kier alpha value is -2.86. The van der Waals surface area contributed by atoms with Crippen molar-refractivity contribution in [3.8, 4) is 0 Å². The molecular formula is C19H19FN2O3. The molecule has 0 fully saturated rings. The summed E-state index contributed by atoms with van der Waals surface area (Å²) in [5, 5.41) is 10.6. The second-order valence-corrected chi connectivity index (χ2v) is 5.74. The van der Waals surface area contributed by atoms with E-state index in [1.54, 1.807) is 30.3 Å². The summed E-state index contributed by atoms with van der Waals surface area (Å²) >= 11 is 0. The van der Waals surface area contributed by atoms with Gasteiger partial charge in [-0.3, -0.25) is 14.9 Å². The topological polar surface area (TPSA) is 63.4 Å². The Morgan fingerprint density at radius 2 is 1.88 bits per heavy atom. The molecule has 0 saturated carbocycles. The van der Waals surface area contributed by atoms with Crippen LogP contribution in [0.25, 0.3) is 6.08 Å². The Morgan fingerprint density at radius 1 is 1.16 bits per heavy atom. The minimum atomic E-state index is -0.338. The Balaban J connectivity index is 0.000000186. The van der Waals surface area contributed by atoms with Gasteiger partial charge in [0.1, 0.15) is 12.1 Å². The molecule has 5 nitrogen and oxygen atoms in total. The number of nitro benzene ring substituents is 1. The van der Waals surface area contributed by atoms with E-state index in [1.165, 1.54) is 23.8 Å². The molecule has 130 valence electrons. The number of benzene rings is 2. The molecular weight excluding hydrogens is 323 g/mol. The van der Waals surface area contributed by atoms with Crippen LogP contribution in [0.15, 0.2) is 48.5 Å². The SMILES string of the molecule is CN1CCc2ccc([N+](=O)[O-])cc2C1.O=C/C=C/c1ccc(F)cc1. The first-order chi connectivity index (χ1) is 12.0. The highest BCUT2D eigenvalue weighted by Crippen LogP contribution is 2.22. The molecule has 0 aromatic heterocycles. The number of non-ortho nitro benzene ring substituents is 1. The van der Waals surface area contributed by atoms with Gasteiger partial charge in [-0.1, -0.05) is 24.3 Å². The van der Waals surface area contributed by atoms with Crippen molar-refractivity contribution in [1.82, 2.24) is 4.90 Å². The van der Waals surface area contributed by atoms with E-state index in [0.29, 0.717) is 6.29 Å². The van der Waals surface area contributed by atoms with E-state index >= 15 is 0 Å². The zero-order valence-electron chi connectivity index (χ0n) is 13.9. The number of rotatable bonds is 3. The standard InChI is InChI=1S/C10H12N2O2.C9H7FO/c1-11-5-4-8-2-3-10(12(13)14)6-9(8)7-11;10-9-5-3-8(4-6-9)2-1-7-11/h2-3,6H,4-5,7H2,1H3;1-7H/b;2-1+. The van der Waals surface area contributed by atoms with E-state index in [0.717, 1.165) is 30.6 Å². The van der Waals surface area contributed by atoms with E-state index in [2.05, 4.69) is 4.90 Å². The van der Waals surface area contributed by atoms with Crippen LogP contribution >= 0.6 is 0 Å². The van der Waals surface area contributed by atoms with Crippen LogP contribution in [0.1, 0.15) is 16.7 Å². The molecule has 1 aliphatic rings. The van der Waals surface area contributed by atoms with Crippen LogP contribution in [0, 0.1) is 15.9 Å². The lowest BCUT2D eigenvalue weighted by atomic mass is 10.00. The van der Waals surface area contributed by atoms with Gasteiger partial charge in [0, 0.05) is 25.2 Å². The normalized spacial score (nSPS) is 13.7. The molecule has 0 unspecified atom stereocenters. The van der Waals surface area contributed by atoms with Crippen molar-refractivity contribution in [2.45, 2.75) is 13.0 Å². The van der Waals surface area contributed by atoms with Crippen LogP contribution in [0.5, 0.6) is 0 Å². The lowest BCUT2D eigenvalue weighted by molar-refractivity contribution is -0.385. The molecule has 2 aromatic carbocycles. The fourth-order valence-corrected chi connectivity index (χ4v) is 2.52. The minimum Gasteiger partial charge on any atom is -0.302 e. The Morgan fingerprint density at radius 3 is 2.52 bits per heavy atom. The summed E-state index contributed by atoms with van der Waals surface area (Å²) in [5.74, 6) is -0.270. The molecule has 0 spiro atoms. The smallest absolute Gasteiger partial charge is 0.269 e. The molecule has 0 aliphatic carbocycles. The van der Waals surface area contributed by atoms with E-state index in [-0.39, 0.29) is 16.4 Å². The van der Waals surface area contributed by atoms with Gasteiger partial charge in [-0.05, 0) is 48.4 Å². The molecule has 0 bridgehead atoms. The van der Waals surface area contributed by atoms with Crippen molar-refractivity contribution < 1.29 is 14.1 Å². The lowest BCUT2D eigenvalue weighted by Gasteiger charge is -2.24. The molecule has 0 atom stereocenters. The Bertz CT molecular complexity index is 773. The number of hydrogen-bond donors (Lipinski definition) is 0. The van der Waals surface area contributed by atoms with Crippen LogP contribution in [-0.4, -0.2) is 29.7 Å². The molecule has 0 amide bonds. The van der Waals surface area contributed by atoms with E-state index in [4.69, 9.17) is 0 Å². The number of aldehydes is 1. The van der Waals surface area contributed by atoms with Gasteiger partial charge in [0.15, 0.2) is 0 Å². The molecule has 0 radical (unpaired) electrons. The highest BCUT2D eigenvalue weighted by atomic mass is 19.1. The summed E-state index contributed by atoms with van der Waals surface area (Å²) < 4.78 is 12.3. The fourth-order valence-electron chi connectivity index (χ4n) is 2.52. The van der Waals surface area contributed by atoms with Crippen molar-refractivity contribution in [1.29, 1.82) is 0 Å². The molecule has 0 N–H and O–H groups in total. The highest BCUT2D eigenvalue weighted by Gasteiger charge is 2.16. The quantitative estimate of drug-likeness (QED) is 0.370. The molecule has 25 heavy (non-hydrogen) atoms. The zero-order valence-corrected chi connectivity index (χ0v) is 13.9. The number of nitro groups is 1. The number of hydrogen-bond acceptors (Lipinski definition) is 4. The summed E-state index contributed by atoms with van der Waals surface area (Å²) in [7, 11) is 2.03. The summed E-state index contributed by atoms with van der Waals surface area (Å²) in [6.07, 6.45) is 4.66. The molecule has 2 aromatic rings. The van der Waals surface area contributed by atoms with Crippen LogP contribution < -0.4 is 0 Å². The number of nitrogens with zero attached hydrogens (tertiary/aromatic N) is 2. The van der Waals surface area contributed by atoms with Crippen LogP contribution in [-0.2, 0) is 17.8 Å². The number of carbonyl (C=O) groups excluding carboxylic acids is 1. The van der Waals surface area contributed by atoms with E-state index in [9.17, 15) is 19.3 Å². The maximum Gasteiger partial charge on any atom is 0.269 e. The van der Waals surface area contributed by atoms with Gasteiger partial charge in [0.2, 0.25) is 0 Å². The lowest BCUT2D eigenvalue weighted by Crippen LogP contribution is -2.26. The molecule has 3 rings (SSSR count). The van der Waals surface area contributed by atoms with Crippen LogP contribution in [0.4, 0.5) is 10.1 Å². The summed E-state index contributed by atoms with van der Waals surface area (Å²) in [4.78, 5) is 22.3. The maximum absolute atomic E-state index is 12.3. The summed E-state index contributed by atoms with van der Waals surface area (Å²) in [5.41, 5.74) is 3.35. The minimum absolute atomic E-state index is 0.194. The highest BCUT2D eigenvalue weighted by molar-refractivity contribution is 5.73. The molecule has 1 heterocycles.